The number of carboxylic acids is 1. The predicted molar refractivity (Wildman–Crippen MR) is 153 cm³/mol. The zero-order valence-corrected chi connectivity index (χ0v) is 22.9. The van der Waals surface area contributed by atoms with Crippen molar-refractivity contribution in [3.8, 4) is 22.3 Å². The van der Waals surface area contributed by atoms with Gasteiger partial charge in [0.25, 0.3) is 5.91 Å². The van der Waals surface area contributed by atoms with Gasteiger partial charge >= 0.3 is 5.97 Å². The highest BCUT2D eigenvalue weighted by atomic mass is 19.1. The van der Waals surface area contributed by atoms with Gasteiger partial charge in [0.2, 0.25) is 5.95 Å². The fraction of sp³-hybridized carbons (Fsp3) is 0.290. The highest BCUT2D eigenvalue weighted by Gasteiger charge is 2.31. The SMILES string of the molecule is CC(C)n1c(CC[C@@H](O)C[C@@H](O)CC(=O)O)c(-c2ccc(F)cc2)c(-c2ccccc2)c1C(=O)Nc1ncccn1. The molecule has 0 aliphatic carbocycles. The molecule has 0 radical (unpaired) electrons. The first-order chi connectivity index (χ1) is 19.7. The number of amides is 1. The normalized spacial score (nSPS) is 12.7. The van der Waals surface area contributed by atoms with Crippen molar-refractivity contribution < 1.29 is 29.3 Å². The maximum atomic E-state index is 14.0. The molecule has 2 atom stereocenters. The quantitative estimate of drug-likeness (QED) is 0.189. The Labute approximate surface area is 237 Å². The van der Waals surface area contributed by atoms with Crippen LogP contribution in [0.4, 0.5) is 10.3 Å². The van der Waals surface area contributed by atoms with Gasteiger partial charge in [0.1, 0.15) is 11.5 Å². The Balaban J connectivity index is 1.89. The van der Waals surface area contributed by atoms with Crippen LogP contribution < -0.4 is 5.32 Å². The molecular weight excluding hydrogens is 527 g/mol. The number of nitrogens with zero attached hydrogens (tertiary/aromatic N) is 3. The number of hydrogen-bond donors (Lipinski definition) is 4. The molecule has 0 unspecified atom stereocenters. The summed E-state index contributed by atoms with van der Waals surface area (Å²) in [7, 11) is 0. The van der Waals surface area contributed by atoms with E-state index in [0.29, 0.717) is 28.8 Å². The predicted octanol–water partition coefficient (Wildman–Crippen LogP) is 5.10. The summed E-state index contributed by atoms with van der Waals surface area (Å²) in [6, 6.07) is 16.9. The molecule has 0 spiro atoms. The first-order valence-corrected chi connectivity index (χ1v) is 13.4. The molecule has 0 saturated carbocycles. The molecule has 0 saturated heterocycles. The number of aliphatic hydroxyl groups excluding tert-OH is 2. The van der Waals surface area contributed by atoms with E-state index in [-0.39, 0.29) is 24.8 Å². The smallest absolute Gasteiger partial charge is 0.305 e. The van der Waals surface area contributed by atoms with Crippen LogP contribution in [0.15, 0.2) is 73.1 Å². The second kappa shape index (κ2) is 13.3. The maximum Gasteiger partial charge on any atom is 0.305 e. The number of carboxylic acid groups (broad SMARTS) is 1. The van der Waals surface area contributed by atoms with E-state index in [1.165, 1.54) is 24.5 Å². The van der Waals surface area contributed by atoms with E-state index < -0.39 is 36.3 Å². The van der Waals surface area contributed by atoms with E-state index >= 15 is 0 Å². The van der Waals surface area contributed by atoms with Crippen LogP contribution in [0.5, 0.6) is 0 Å². The highest BCUT2D eigenvalue weighted by Crippen LogP contribution is 2.42. The topological polar surface area (TPSA) is 138 Å². The van der Waals surface area contributed by atoms with E-state index in [4.69, 9.17) is 5.11 Å². The Morgan fingerprint density at radius 2 is 1.54 bits per heavy atom. The number of halogens is 1. The minimum absolute atomic E-state index is 0.106. The van der Waals surface area contributed by atoms with Crippen LogP contribution in [0.25, 0.3) is 22.3 Å². The van der Waals surface area contributed by atoms with E-state index in [1.807, 2.05) is 48.7 Å². The molecule has 0 bridgehead atoms. The summed E-state index contributed by atoms with van der Waals surface area (Å²) in [6.07, 6.45) is 0.781. The van der Waals surface area contributed by atoms with Gasteiger partial charge in [-0.15, -0.1) is 0 Å². The lowest BCUT2D eigenvalue weighted by molar-refractivity contribution is -0.139. The van der Waals surface area contributed by atoms with Gasteiger partial charge in [-0.1, -0.05) is 42.5 Å². The highest BCUT2D eigenvalue weighted by molar-refractivity contribution is 6.10. The van der Waals surface area contributed by atoms with Crippen molar-refractivity contribution in [1.29, 1.82) is 0 Å². The molecule has 2 aromatic heterocycles. The van der Waals surface area contributed by atoms with Gasteiger partial charge in [0, 0.05) is 35.3 Å². The number of nitrogens with one attached hydrogen (secondary N) is 1. The Bertz CT molecular complexity index is 1470. The summed E-state index contributed by atoms with van der Waals surface area (Å²) in [5.41, 5.74) is 3.89. The Kier molecular flexibility index (Phi) is 9.59. The second-order valence-corrected chi connectivity index (χ2v) is 10.1. The number of aromatic nitrogens is 3. The van der Waals surface area contributed by atoms with Gasteiger partial charge in [-0.2, -0.15) is 0 Å². The molecule has 4 aromatic rings. The summed E-state index contributed by atoms with van der Waals surface area (Å²) >= 11 is 0. The van der Waals surface area contributed by atoms with Crippen molar-refractivity contribution in [3.05, 3.63) is 90.3 Å². The zero-order valence-electron chi connectivity index (χ0n) is 22.9. The summed E-state index contributed by atoms with van der Waals surface area (Å²) in [6.45, 7) is 3.88. The van der Waals surface area contributed by atoms with Crippen LogP contribution in [0.2, 0.25) is 0 Å². The third kappa shape index (κ3) is 7.22. The van der Waals surface area contributed by atoms with Crippen molar-refractivity contribution in [2.24, 2.45) is 0 Å². The number of benzene rings is 2. The molecule has 0 fully saturated rings. The van der Waals surface area contributed by atoms with Crippen LogP contribution in [-0.4, -0.2) is 53.9 Å². The average Bonchev–Trinajstić information content (AvgIpc) is 3.28. The van der Waals surface area contributed by atoms with Gasteiger partial charge in [0.05, 0.1) is 18.6 Å². The molecule has 9 nitrogen and oxygen atoms in total. The molecule has 2 heterocycles. The first-order valence-electron chi connectivity index (χ1n) is 13.4. The minimum atomic E-state index is -1.19. The van der Waals surface area contributed by atoms with Crippen LogP contribution in [0.1, 0.15) is 55.3 Å². The summed E-state index contributed by atoms with van der Waals surface area (Å²) < 4.78 is 15.9. The molecular formula is C31H33FN4O5. The van der Waals surface area contributed by atoms with Gasteiger partial charge < -0.3 is 19.9 Å². The van der Waals surface area contributed by atoms with Gasteiger partial charge in [0.15, 0.2) is 0 Å². The summed E-state index contributed by atoms with van der Waals surface area (Å²) in [5, 5.41) is 32.5. The monoisotopic (exact) mass is 560 g/mol. The van der Waals surface area contributed by atoms with Gasteiger partial charge in [-0.3, -0.25) is 14.9 Å². The van der Waals surface area contributed by atoms with Crippen molar-refractivity contribution >= 4 is 17.8 Å². The van der Waals surface area contributed by atoms with Crippen LogP contribution >= 0.6 is 0 Å². The number of anilines is 1. The number of carbonyl (C=O) groups is 2. The standard InChI is InChI=1S/C31H33FN4O5/c1-19(2)36-25(14-13-23(37)17-24(38)18-26(39)40)27(21-9-11-22(32)12-10-21)28(20-7-4-3-5-8-20)29(36)30(41)35-31-33-15-6-16-34-31/h3-12,15-16,19,23-24,37-38H,13-14,17-18H2,1-2H3,(H,39,40)(H,33,34,35,41)/t23-,24-/m1/s1. The third-order valence-corrected chi connectivity index (χ3v) is 6.69. The molecule has 10 heteroatoms. The molecule has 214 valence electrons. The van der Waals surface area contributed by atoms with E-state index in [1.54, 1.807) is 18.2 Å². The number of aliphatic carboxylic acids is 1. The van der Waals surface area contributed by atoms with Crippen molar-refractivity contribution in [2.45, 2.75) is 57.8 Å². The molecule has 1 amide bonds. The van der Waals surface area contributed by atoms with Gasteiger partial charge in [-0.25, -0.2) is 14.4 Å². The van der Waals surface area contributed by atoms with Crippen LogP contribution in [-0.2, 0) is 11.2 Å². The zero-order chi connectivity index (χ0) is 29.5. The lowest BCUT2D eigenvalue weighted by Crippen LogP contribution is -2.23. The fourth-order valence-electron chi connectivity index (χ4n) is 5.03. The molecule has 0 aliphatic heterocycles. The number of carbonyl (C=O) groups excluding carboxylic acids is 1. The van der Waals surface area contributed by atoms with Crippen LogP contribution in [0, 0.1) is 5.82 Å². The second-order valence-electron chi connectivity index (χ2n) is 10.1. The van der Waals surface area contributed by atoms with E-state index in [9.17, 15) is 24.2 Å². The number of hydrogen-bond acceptors (Lipinski definition) is 6. The maximum absolute atomic E-state index is 14.0. The largest absolute Gasteiger partial charge is 0.481 e. The van der Waals surface area contributed by atoms with E-state index in [0.717, 1.165) is 11.3 Å². The average molecular weight is 561 g/mol. The van der Waals surface area contributed by atoms with Crippen molar-refractivity contribution in [3.63, 3.8) is 0 Å². The lowest BCUT2D eigenvalue weighted by atomic mass is 9.92. The molecule has 2 aromatic carbocycles. The summed E-state index contributed by atoms with van der Waals surface area (Å²) in [4.78, 5) is 33.2. The lowest BCUT2D eigenvalue weighted by Gasteiger charge is -2.20. The Morgan fingerprint density at radius 1 is 0.902 bits per heavy atom. The Morgan fingerprint density at radius 3 is 2.15 bits per heavy atom. The molecule has 4 rings (SSSR count). The Hall–Kier alpha value is -4.41. The molecule has 4 N–H and O–H groups in total. The van der Waals surface area contributed by atoms with Crippen LogP contribution in [0.3, 0.4) is 0 Å². The van der Waals surface area contributed by atoms with Crippen molar-refractivity contribution in [1.82, 2.24) is 14.5 Å². The number of rotatable bonds is 12. The van der Waals surface area contributed by atoms with Crippen molar-refractivity contribution in [2.75, 3.05) is 5.32 Å². The molecule has 41 heavy (non-hydrogen) atoms. The van der Waals surface area contributed by atoms with E-state index in [2.05, 4.69) is 15.3 Å². The first kappa shape index (κ1) is 29.6. The number of aliphatic hydroxyl groups is 2. The molecule has 0 aliphatic rings. The summed E-state index contributed by atoms with van der Waals surface area (Å²) in [5.74, 6) is -1.85. The fourth-order valence-corrected chi connectivity index (χ4v) is 5.03. The third-order valence-electron chi connectivity index (χ3n) is 6.69. The van der Waals surface area contributed by atoms with Gasteiger partial charge in [-0.05, 0) is 62.4 Å². The minimum Gasteiger partial charge on any atom is -0.481 e.